The molecule has 0 aliphatic carbocycles. The van der Waals surface area contributed by atoms with Crippen LogP contribution in [0.25, 0.3) is 0 Å². The molecule has 0 fully saturated rings. The van der Waals surface area contributed by atoms with Gasteiger partial charge in [0, 0.05) is 6.54 Å². The summed E-state index contributed by atoms with van der Waals surface area (Å²) in [5, 5.41) is 0. The van der Waals surface area contributed by atoms with E-state index in [0.717, 1.165) is 13.1 Å². The van der Waals surface area contributed by atoms with Crippen LogP contribution in [0.15, 0.2) is 24.3 Å². The molecule has 0 aliphatic heterocycles. The Hall–Kier alpha value is -1.00. The fourth-order valence-electron chi connectivity index (χ4n) is 0.747. The summed E-state index contributed by atoms with van der Waals surface area (Å²) in [6, 6.07) is 0. The maximum Gasteiger partial charge on any atom is 0.0224 e. The van der Waals surface area contributed by atoms with E-state index in [0.29, 0.717) is 0 Å². The van der Waals surface area contributed by atoms with Gasteiger partial charge in [0.2, 0.25) is 0 Å². The number of allylic oxidation sites excluding steroid dienone is 1. The lowest BCUT2D eigenvalue weighted by molar-refractivity contribution is 0.386. The molecular formula is C13H25N. The minimum atomic E-state index is 0.973. The minimum Gasteiger partial charge on any atom is -0.302 e. The van der Waals surface area contributed by atoms with Crippen molar-refractivity contribution >= 4 is 0 Å². The Balaban J connectivity index is -0.000000266. The smallest absolute Gasteiger partial charge is 0.0224 e. The molecule has 1 nitrogen and oxygen atoms in total. The molecule has 0 N–H and O–H groups in total. The van der Waals surface area contributed by atoms with E-state index in [4.69, 9.17) is 0 Å². The monoisotopic (exact) mass is 195 g/mol. The second-order valence-electron chi connectivity index (χ2n) is 2.49. The van der Waals surface area contributed by atoms with Crippen LogP contribution in [0.3, 0.4) is 0 Å². The zero-order chi connectivity index (χ0) is 12.0. The summed E-state index contributed by atoms with van der Waals surface area (Å²) in [6.45, 7) is 14.1. The number of likely N-dealkylation sites (N-methyl/N-ethyl adjacent to an activating group) is 1. The molecule has 0 saturated carbocycles. The molecule has 14 heavy (non-hydrogen) atoms. The van der Waals surface area contributed by atoms with Gasteiger partial charge in [-0.3, -0.25) is 0 Å². The third kappa shape index (κ3) is 17.2. The number of rotatable bonds is 4. The first-order valence-corrected chi connectivity index (χ1v) is 5.03. The lowest BCUT2D eigenvalue weighted by Gasteiger charge is -2.12. The van der Waals surface area contributed by atoms with Crippen LogP contribution >= 0.6 is 0 Å². The maximum atomic E-state index is 4.00. The van der Waals surface area contributed by atoms with E-state index in [-0.39, 0.29) is 0 Å². The molecule has 0 unspecified atom stereocenters. The van der Waals surface area contributed by atoms with Gasteiger partial charge in [0.05, 0.1) is 0 Å². The van der Waals surface area contributed by atoms with Gasteiger partial charge in [-0.15, -0.1) is 12.8 Å². The molecule has 0 bridgehead atoms. The number of nitrogens with zero attached hydrogens (tertiary/aromatic N) is 1. The molecule has 0 amide bonds. The largest absolute Gasteiger partial charge is 0.302 e. The van der Waals surface area contributed by atoms with E-state index in [1.54, 1.807) is 0 Å². The highest BCUT2D eigenvalue weighted by molar-refractivity contribution is 5.14. The van der Waals surface area contributed by atoms with Crippen LogP contribution < -0.4 is 0 Å². The van der Waals surface area contributed by atoms with Crippen LogP contribution in [0.5, 0.6) is 0 Å². The Morgan fingerprint density at radius 3 is 2.07 bits per heavy atom. The second-order valence-corrected chi connectivity index (χ2v) is 2.49. The van der Waals surface area contributed by atoms with Gasteiger partial charge in [-0.1, -0.05) is 39.5 Å². The Morgan fingerprint density at radius 1 is 1.36 bits per heavy atom. The average Bonchev–Trinajstić information content (AvgIpc) is 2.24. The van der Waals surface area contributed by atoms with Gasteiger partial charge < -0.3 is 4.90 Å². The molecule has 0 spiro atoms. The van der Waals surface area contributed by atoms with Gasteiger partial charge >= 0.3 is 0 Å². The fraction of sp³-hybridized carbons (Fsp3) is 0.538. The first-order valence-electron chi connectivity index (χ1n) is 5.03. The van der Waals surface area contributed by atoms with Crippen molar-refractivity contribution < 1.29 is 0 Å². The number of terminal acetylenes is 1. The molecule has 0 rings (SSSR count). The van der Waals surface area contributed by atoms with E-state index >= 15 is 0 Å². The van der Waals surface area contributed by atoms with Crippen molar-refractivity contribution in [2.45, 2.75) is 27.7 Å². The zero-order valence-corrected chi connectivity index (χ0v) is 10.4. The third-order valence-corrected chi connectivity index (χ3v) is 1.42. The number of hydrogen-bond acceptors (Lipinski definition) is 1. The summed E-state index contributed by atoms with van der Waals surface area (Å²) in [5.41, 5.74) is 1.17. The SMILES string of the molecule is C#C.C=C(/C=C\C)CN(C)CC.CC. The van der Waals surface area contributed by atoms with Crippen molar-refractivity contribution in [2.24, 2.45) is 0 Å². The minimum absolute atomic E-state index is 0.973. The fourth-order valence-corrected chi connectivity index (χ4v) is 0.747. The normalized spacial score (nSPS) is 8.57. The van der Waals surface area contributed by atoms with Crippen molar-refractivity contribution in [2.75, 3.05) is 20.1 Å². The summed E-state index contributed by atoms with van der Waals surface area (Å²) in [4.78, 5) is 2.22. The Kier molecular flexibility index (Phi) is 24.0. The van der Waals surface area contributed by atoms with Gasteiger partial charge in [0.15, 0.2) is 0 Å². The van der Waals surface area contributed by atoms with Crippen LogP contribution in [0.1, 0.15) is 27.7 Å². The van der Waals surface area contributed by atoms with Crippen molar-refractivity contribution in [3.63, 3.8) is 0 Å². The topological polar surface area (TPSA) is 3.24 Å². The molecule has 0 aliphatic rings. The quantitative estimate of drug-likeness (QED) is 0.491. The summed E-state index contributed by atoms with van der Waals surface area (Å²) < 4.78 is 0. The predicted molar refractivity (Wildman–Crippen MR) is 68.4 cm³/mol. The van der Waals surface area contributed by atoms with E-state index < -0.39 is 0 Å². The molecule has 0 aromatic heterocycles. The second kappa shape index (κ2) is 17.9. The van der Waals surface area contributed by atoms with Gasteiger partial charge in [-0.25, -0.2) is 0 Å². The van der Waals surface area contributed by atoms with Crippen molar-refractivity contribution in [1.29, 1.82) is 0 Å². The molecule has 1 heteroatoms. The Bertz CT molecular complexity index is 154. The summed E-state index contributed by atoms with van der Waals surface area (Å²) >= 11 is 0. The van der Waals surface area contributed by atoms with Crippen molar-refractivity contribution in [3.8, 4) is 12.8 Å². The first-order chi connectivity index (χ1) is 6.70. The molecule has 82 valence electrons. The van der Waals surface area contributed by atoms with Crippen LogP contribution in [0.4, 0.5) is 0 Å². The summed E-state index contributed by atoms with van der Waals surface area (Å²) in [5.74, 6) is 0. The summed E-state index contributed by atoms with van der Waals surface area (Å²) in [7, 11) is 2.09. The van der Waals surface area contributed by atoms with E-state index in [9.17, 15) is 0 Å². The molecule has 0 atom stereocenters. The molecule has 0 heterocycles. The van der Waals surface area contributed by atoms with Gasteiger partial charge in [-0.2, -0.15) is 0 Å². The van der Waals surface area contributed by atoms with E-state index in [2.05, 4.69) is 38.3 Å². The maximum absolute atomic E-state index is 4.00. The van der Waals surface area contributed by atoms with Gasteiger partial charge in [-0.05, 0) is 26.1 Å². The molecule has 0 saturated heterocycles. The molecule has 0 aromatic rings. The first kappa shape index (κ1) is 18.7. The van der Waals surface area contributed by atoms with Crippen LogP contribution in [-0.2, 0) is 0 Å². The Labute approximate surface area is 90.5 Å². The number of hydrogen-bond donors (Lipinski definition) is 0. The van der Waals surface area contributed by atoms with E-state index in [1.165, 1.54) is 5.57 Å². The highest BCUT2D eigenvalue weighted by atomic mass is 15.1. The van der Waals surface area contributed by atoms with Crippen molar-refractivity contribution in [1.82, 2.24) is 4.90 Å². The lowest BCUT2D eigenvalue weighted by atomic mass is 10.2. The molecular weight excluding hydrogens is 170 g/mol. The average molecular weight is 195 g/mol. The standard InChI is InChI=1S/C9H17N.C2H6.C2H2/c1-5-7-9(3)8-10(4)6-2;2*1-2/h5,7H,3,6,8H2,1-2,4H3;1-2H3;1-2H/b7-5-;;. The van der Waals surface area contributed by atoms with Gasteiger partial charge in [0.25, 0.3) is 0 Å². The van der Waals surface area contributed by atoms with Crippen LogP contribution in [0.2, 0.25) is 0 Å². The molecule has 0 aromatic carbocycles. The van der Waals surface area contributed by atoms with E-state index in [1.807, 2.05) is 32.9 Å². The predicted octanol–water partition coefficient (Wildman–Crippen LogP) is 3.35. The van der Waals surface area contributed by atoms with Crippen LogP contribution in [0, 0.1) is 12.8 Å². The molecule has 0 radical (unpaired) electrons. The van der Waals surface area contributed by atoms with Crippen LogP contribution in [-0.4, -0.2) is 25.0 Å². The highest BCUT2D eigenvalue weighted by Gasteiger charge is 1.93. The summed E-state index contributed by atoms with van der Waals surface area (Å²) in [6.07, 6.45) is 12.1. The highest BCUT2D eigenvalue weighted by Crippen LogP contribution is 1.95. The zero-order valence-electron chi connectivity index (χ0n) is 10.4. The Morgan fingerprint density at radius 2 is 1.79 bits per heavy atom. The van der Waals surface area contributed by atoms with Crippen molar-refractivity contribution in [3.05, 3.63) is 24.3 Å². The van der Waals surface area contributed by atoms with Gasteiger partial charge in [0.1, 0.15) is 0 Å². The third-order valence-electron chi connectivity index (χ3n) is 1.42. The lowest BCUT2D eigenvalue weighted by Crippen LogP contribution is -2.19.